The lowest BCUT2D eigenvalue weighted by atomic mass is 10.2. The molecule has 28 heavy (non-hydrogen) atoms. The number of ether oxygens (including phenoxy) is 2. The molecular formula is C18H23N7O3. The number of nitrogens with zero attached hydrogens (tertiary/aromatic N) is 7. The molecule has 1 aliphatic heterocycles. The normalized spacial score (nSPS) is 15.1. The van der Waals surface area contributed by atoms with Gasteiger partial charge in [-0.2, -0.15) is 20.2 Å². The third-order valence-corrected chi connectivity index (χ3v) is 4.84. The Kier molecular flexibility index (Phi) is 4.86. The minimum absolute atomic E-state index is 0.263. The van der Waals surface area contributed by atoms with E-state index in [0.29, 0.717) is 23.8 Å². The Labute approximate surface area is 162 Å². The van der Waals surface area contributed by atoms with Crippen molar-refractivity contribution in [3.8, 4) is 11.9 Å². The standard InChI is InChI=1S/C18H23N7O3/c1-23-14(5-6-19-23)17(26)13-9-12-11-24(7-4-8-25(12)22-13)15-10-16(27-2)21-18(20-15)28-3/h5-6,9-10,17,26H,4,7-8,11H2,1-3H3/t17-/m1/s1. The predicted octanol–water partition coefficient (Wildman–Crippen LogP) is 0.916. The number of rotatable bonds is 5. The first-order chi connectivity index (χ1) is 13.6. The van der Waals surface area contributed by atoms with Gasteiger partial charge >= 0.3 is 6.01 Å². The molecule has 3 aromatic rings. The van der Waals surface area contributed by atoms with Gasteiger partial charge in [0.2, 0.25) is 5.88 Å². The lowest BCUT2D eigenvalue weighted by Crippen LogP contribution is -2.24. The minimum Gasteiger partial charge on any atom is -0.481 e. The van der Waals surface area contributed by atoms with E-state index < -0.39 is 6.10 Å². The summed E-state index contributed by atoms with van der Waals surface area (Å²) in [7, 11) is 4.90. The Morgan fingerprint density at radius 2 is 2.00 bits per heavy atom. The average Bonchev–Trinajstić information content (AvgIpc) is 3.27. The largest absolute Gasteiger partial charge is 0.481 e. The van der Waals surface area contributed by atoms with Crippen molar-refractivity contribution in [2.75, 3.05) is 25.7 Å². The second-order valence-electron chi connectivity index (χ2n) is 6.60. The number of methoxy groups -OCH3 is 2. The minimum atomic E-state index is -0.820. The van der Waals surface area contributed by atoms with Crippen LogP contribution >= 0.6 is 0 Å². The maximum atomic E-state index is 10.7. The van der Waals surface area contributed by atoms with Gasteiger partial charge in [0.25, 0.3) is 0 Å². The number of aliphatic hydroxyl groups excluding tert-OH is 1. The van der Waals surface area contributed by atoms with Gasteiger partial charge in [0.05, 0.1) is 37.8 Å². The van der Waals surface area contributed by atoms with Gasteiger partial charge in [-0.1, -0.05) is 0 Å². The van der Waals surface area contributed by atoms with E-state index in [1.54, 1.807) is 37.2 Å². The van der Waals surface area contributed by atoms with Gasteiger partial charge in [-0.05, 0) is 18.6 Å². The Balaban J connectivity index is 1.62. The van der Waals surface area contributed by atoms with E-state index >= 15 is 0 Å². The first-order valence-corrected chi connectivity index (χ1v) is 9.03. The molecule has 4 rings (SSSR count). The molecule has 148 valence electrons. The van der Waals surface area contributed by atoms with Gasteiger partial charge in [0, 0.05) is 32.4 Å². The van der Waals surface area contributed by atoms with E-state index in [1.165, 1.54) is 7.11 Å². The number of aryl methyl sites for hydroxylation is 2. The zero-order valence-corrected chi connectivity index (χ0v) is 16.1. The topological polar surface area (TPSA) is 103 Å². The molecule has 10 nitrogen and oxygen atoms in total. The summed E-state index contributed by atoms with van der Waals surface area (Å²) in [5, 5.41) is 19.4. The first kappa shape index (κ1) is 18.2. The summed E-state index contributed by atoms with van der Waals surface area (Å²) in [6.45, 7) is 2.18. The molecule has 3 aromatic heterocycles. The van der Waals surface area contributed by atoms with Crippen LogP contribution in [0.5, 0.6) is 11.9 Å². The molecule has 0 unspecified atom stereocenters. The highest BCUT2D eigenvalue weighted by Gasteiger charge is 2.23. The van der Waals surface area contributed by atoms with Crippen LogP contribution in [0.3, 0.4) is 0 Å². The zero-order valence-electron chi connectivity index (χ0n) is 16.1. The lowest BCUT2D eigenvalue weighted by molar-refractivity contribution is 0.203. The van der Waals surface area contributed by atoms with Crippen molar-refractivity contribution in [3.63, 3.8) is 0 Å². The average molecular weight is 385 g/mol. The molecule has 1 aliphatic rings. The van der Waals surface area contributed by atoms with Gasteiger partial charge in [-0.3, -0.25) is 9.36 Å². The second-order valence-corrected chi connectivity index (χ2v) is 6.60. The molecule has 0 bridgehead atoms. The fourth-order valence-corrected chi connectivity index (χ4v) is 3.37. The van der Waals surface area contributed by atoms with Crippen LogP contribution in [-0.2, 0) is 20.1 Å². The van der Waals surface area contributed by atoms with Crippen molar-refractivity contribution in [1.82, 2.24) is 29.5 Å². The molecular weight excluding hydrogens is 362 g/mol. The number of fused-ring (bicyclic) bond motifs is 1. The summed E-state index contributed by atoms with van der Waals surface area (Å²) in [6.07, 6.45) is 1.74. The molecule has 0 aromatic carbocycles. The number of aromatic nitrogens is 6. The van der Waals surface area contributed by atoms with Crippen molar-refractivity contribution in [3.05, 3.63) is 41.5 Å². The van der Waals surface area contributed by atoms with Crippen LogP contribution in [0, 0.1) is 0 Å². The maximum Gasteiger partial charge on any atom is 0.321 e. The molecule has 1 N–H and O–H groups in total. The molecule has 0 amide bonds. The van der Waals surface area contributed by atoms with Gasteiger partial charge in [0.15, 0.2) is 0 Å². The van der Waals surface area contributed by atoms with Crippen LogP contribution in [0.2, 0.25) is 0 Å². The monoisotopic (exact) mass is 385 g/mol. The fraction of sp³-hybridized carbons (Fsp3) is 0.444. The molecule has 4 heterocycles. The van der Waals surface area contributed by atoms with Crippen LogP contribution < -0.4 is 14.4 Å². The van der Waals surface area contributed by atoms with Crippen LogP contribution in [0.25, 0.3) is 0 Å². The summed E-state index contributed by atoms with van der Waals surface area (Å²) >= 11 is 0. The molecule has 0 fully saturated rings. The Bertz CT molecular complexity index is 946. The van der Waals surface area contributed by atoms with E-state index in [-0.39, 0.29) is 6.01 Å². The second kappa shape index (κ2) is 7.47. The van der Waals surface area contributed by atoms with Crippen LogP contribution in [-0.4, -0.2) is 55.4 Å². The van der Waals surface area contributed by atoms with E-state index in [9.17, 15) is 5.11 Å². The highest BCUT2D eigenvalue weighted by Crippen LogP contribution is 2.27. The molecule has 0 saturated carbocycles. The smallest absolute Gasteiger partial charge is 0.321 e. The Morgan fingerprint density at radius 1 is 1.14 bits per heavy atom. The molecule has 0 saturated heterocycles. The van der Waals surface area contributed by atoms with E-state index in [4.69, 9.17) is 9.47 Å². The Hall–Kier alpha value is -3.14. The van der Waals surface area contributed by atoms with Crippen LogP contribution in [0.4, 0.5) is 5.82 Å². The van der Waals surface area contributed by atoms with E-state index in [2.05, 4.69) is 25.1 Å². The van der Waals surface area contributed by atoms with E-state index in [1.807, 2.05) is 10.7 Å². The third-order valence-electron chi connectivity index (χ3n) is 4.84. The Morgan fingerprint density at radius 3 is 2.71 bits per heavy atom. The molecule has 10 heteroatoms. The van der Waals surface area contributed by atoms with Gasteiger partial charge in [-0.25, -0.2) is 0 Å². The summed E-state index contributed by atoms with van der Waals surface area (Å²) in [6, 6.07) is 5.78. The van der Waals surface area contributed by atoms with Crippen molar-refractivity contribution >= 4 is 5.82 Å². The SMILES string of the molecule is COc1cc(N2CCCn3nc([C@@H](O)c4ccnn4C)cc3C2)nc(OC)n1. The van der Waals surface area contributed by atoms with Crippen molar-refractivity contribution < 1.29 is 14.6 Å². The van der Waals surface area contributed by atoms with Crippen LogP contribution in [0.15, 0.2) is 24.4 Å². The predicted molar refractivity (Wildman–Crippen MR) is 100 cm³/mol. The van der Waals surface area contributed by atoms with Crippen molar-refractivity contribution in [2.45, 2.75) is 25.6 Å². The summed E-state index contributed by atoms with van der Waals surface area (Å²) < 4.78 is 14.1. The van der Waals surface area contributed by atoms with Crippen molar-refractivity contribution in [1.29, 1.82) is 0 Å². The number of hydrogen-bond donors (Lipinski definition) is 1. The highest BCUT2D eigenvalue weighted by molar-refractivity contribution is 5.43. The number of anilines is 1. The summed E-state index contributed by atoms with van der Waals surface area (Å²) in [4.78, 5) is 10.7. The molecule has 0 radical (unpaired) electrons. The summed E-state index contributed by atoms with van der Waals surface area (Å²) in [5.74, 6) is 1.18. The first-order valence-electron chi connectivity index (χ1n) is 9.03. The third kappa shape index (κ3) is 3.38. The maximum absolute atomic E-state index is 10.7. The van der Waals surface area contributed by atoms with Gasteiger partial charge in [-0.15, -0.1) is 0 Å². The van der Waals surface area contributed by atoms with Crippen LogP contribution in [0.1, 0.15) is 29.6 Å². The molecule has 0 aliphatic carbocycles. The highest BCUT2D eigenvalue weighted by atomic mass is 16.5. The number of aliphatic hydroxyl groups is 1. The fourth-order valence-electron chi connectivity index (χ4n) is 3.37. The molecule has 1 atom stereocenters. The molecule has 0 spiro atoms. The van der Waals surface area contributed by atoms with Crippen molar-refractivity contribution in [2.24, 2.45) is 7.05 Å². The lowest BCUT2D eigenvalue weighted by Gasteiger charge is -2.21. The quantitative estimate of drug-likeness (QED) is 0.691. The van der Waals surface area contributed by atoms with Gasteiger partial charge < -0.3 is 19.5 Å². The summed E-state index contributed by atoms with van der Waals surface area (Å²) in [5.41, 5.74) is 2.32. The number of hydrogen-bond acceptors (Lipinski definition) is 8. The zero-order chi connectivity index (χ0) is 19.7. The van der Waals surface area contributed by atoms with Gasteiger partial charge in [0.1, 0.15) is 11.9 Å². The van der Waals surface area contributed by atoms with E-state index in [0.717, 1.165) is 31.0 Å².